The van der Waals surface area contributed by atoms with Crippen LogP contribution in [0.4, 0.5) is 0 Å². The molecule has 12 heavy (non-hydrogen) atoms. The molecule has 0 rings (SSSR count). The Labute approximate surface area is 84.3 Å². The molecule has 1 atom stereocenters. The van der Waals surface area contributed by atoms with Crippen molar-refractivity contribution >= 4 is 5.97 Å². The van der Waals surface area contributed by atoms with Gasteiger partial charge >= 0.3 is 0 Å². The van der Waals surface area contributed by atoms with Gasteiger partial charge < -0.3 is 43.1 Å². The fourth-order valence-electron chi connectivity index (χ4n) is 0. The van der Waals surface area contributed by atoms with Crippen molar-refractivity contribution in [3.63, 3.8) is 0 Å². The van der Waals surface area contributed by atoms with Gasteiger partial charge in [0.2, 0.25) is 0 Å². The van der Waals surface area contributed by atoms with Crippen molar-refractivity contribution < 1.29 is 58.6 Å². The van der Waals surface area contributed by atoms with Crippen LogP contribution in [0.15, 0.2) is 0 Å². The largest absolute Gasteiger partial charge is 0.870 e. The molecule has 0 aliphatic rings. The molecule has 80 valence electrons. The molecule has 0 saturated carbocycles. The topological polar surface area (TPSA) is 217 Å². The molecule has 0 aliphatic carbocycles. The zero-order chi connectivity index (χ0) is 5.15. The fraction of sp³-hybridized carbons (Fsp3) is 0.667. The van der Waals surface area contributed by atoms with Gasteiger partial charge in [-0.15, -0.1) is 0 Å². The van der Waals surface area contributed by atoms with E-state index in [0.29, 0.717) is 0 Å². The van der Waals surface area contributed by atoms with Gasteiger partial charge in [-0.3, -0.25) is 0 Å². The maximum atomic E-state index is 9.34. The molecule has 0 heterocycles. The van der Waals surface area contributed by atoms with Crippen LogP contribution in [-0.4, -0.2) is 39.1 Å². The number of carboxylic acid groups (broad SMARTS) is 1. The Bertz CT molecular complexity index is 69.7. The Morgan fingerprint density at radius 3 is 1.33 bits per heavy atom. The summed E-state index contributed by atoms with van der Waals surface area (Å²) in [5.41, 5.74) is 0. The summed E-state index contributed by atoms with van der Waals surface area (Å²) in [5.74, 6) is -1.44. The molecule has 0 aromatic rings. The Morgan fingerprint density at radius 1 is 1.25 bits per heavy atom. The second kappa shape index (κ2) is 30.6. The zero-order valence-electron chi connectivity index (χ0n) is 6.63. The molecule has 0 fully saturated rings. The normalized spacial score (nSPS) is 6.83. The molecule has 8 nitrogen and oxygen atoms in total. The second-order valence-corrected chi connectivity index (χ2v) is 0.995. The number of quaternary nitrogens is 1. The first-order valence-electron chi connectivity index (χ1n) is 1.53. The minimum Gasteiger partial charge on any atom is -0.870 e. The van der Waals surface area contributed by atoms with Crippen LogP contribution in [0.3, 0.4) is 0 Å². The van der Waals surface area contributed by atoms with Crippen LogP contribution in [0.1, 0.15) is 6.92 Å². The number of aliphatic carboxylic acids is 1. The van der Waals surface area contributed by atoms with Gasteiger partial charge in [0, 0.05) is 21.7 Å². The Kier molecular flexibility index (Phi) is 149. The molecule has 0 aliphatic heterocycles. The summed E-state index contributed by atoms with van der Waals surface area (Å²) in [6.07, 6.45) is -1.34. The van der Waals surface area contributed by atoms with Crippen LogP contribution in [0.2, 0.25) is 0 Å². The van der Waals surface area contributed by atoms with Gasteiger partial charge in [0.05, 0.1) is 12.1 Å². The van der Waals surface area contributed by atoms with E-state index in [2.05, 4.69) is 0 Å². The minimum atomic E-state index is -1.44. The number of carbonyl (C=O) groups is 1. The van der Waals surface area contributed by atoms with Crippen molar-refractivity contribution in [2.45, 2.75) is 13.0 Å². The molecule has 0 bridgehead atoms. The van der Waals surface area contributed by atoms with Crippen molar-refractivity contribution in [1.82, 2.24) is 6.15 Å². The van der Waals surface area contributed by atoms with Crippen LogP contribution < -0.4 is 11.3 Å². The molecule has 0 saturated heterocycles. The molecule has 0 aromatic carbocycles. The average Bonchev–Trinajstić information content (AvgIpc) is 1.36. The first-order chi connectivity index (χ1) is 2.64. The maximum Gasteiger partial charge on any atom is 0.0905 e. The molecular weight excluding hydrogens is 210 g/mol. The van der Waals surface area contributed by atoms with Gasteiger partial charge in [-0.1, -0.05) is 0 Å². The third kappa shape index (κ3) is 51.1. The van der Waals surface area contributed by atoms with Crippen molar-refractivity contribution in [2.24, 2.45) is 0 Å². The van der Waals surface area contributed by atoms with Crippen LogP contribution in [0.25, 0.3) is 0 Å². The van der Waals surface area contributed by atoms with Crippen LogP contribution in [0.5, 0.6) is 0 Å². The number of hydrogen-bond donors (Lipinski definition) is 2. The standard InChI is InChI=1S/C3H6O3.H3N.4H2O.Ti/c1-2(4)3(5)6;;;;;;/h2,4H,1H3,(H,5,6);1H3;4*1H2;/p-4. The molecule has 0 aromatic heterocycles. The van der Waals surface area contributed by atoms with Crippen molar-refractivity contribution in [1.29, 1.82) is 0 Å². The summed E-state index contributed by atoms with van der Waals surface area (Å²) in [7, 11) is 0. The van der Waals surface area contributed by atoms with Crippen LogP contribution >= 0.6 is 0 Å². The first kappa shape index (κ1) is 58.5. The van der Waals surface area contributed by atoms with E-state index in [-0.39, 0.29) is 49.8 Å². The summed E-state index contributed by atoms with van der Waals surface area (Å²) in [5, 5.41) is 17.3. The van der Waals surface area contributed by atoms with E-state index < -0.39 is 12.1 Å². The van der Waals surface area contributed by atoms with Gasteiger partial charge in [-0.25, -0.2) is 0 Å². The molecular formula is C3H13NO7Ti-4. The van der Waals surface area contributed by atoms with E-state index in [0.717, 1.165) is 6.92 Å². The maximum absolute atomic E-state index is 9.34. The Morgan fingerprint density at radius 2 is 1.33 bits per heavy atom. The minimum absolute atomic E-state index is 0. The Balaban J connectivity index is -0.00000000833. The van der Waals surface area contributed by atoms with Crippen molar-refractivity contribution in [3.8, 4) is 0 Å². The van der Waals surface area contributed by atoms with Crippen LogP contribution in [0, 0.1) is 0 Å². The van der Waals surface area contributed by atoms with E-state index in [1.165, 1.54) is 0 Å². The Hall–Kier alpha value is -0.0557. The second-order valence-electron chi connectivity index (χ2n) is 0.995. The number of carbonyl (C=O) groups excluding carboxylic acids is 1. The van der Waals surface area contributed by atoms with E-state index in [9.17, 15) is 9.90 Å². The number of rotatable bonds is 1. The number of carboxylic acids is 1. The van der Waals surface area contributed by atoms with E-state index in [1.807, 2.05) is 0 Å². The van der Waals surface area contributed by atoms with Gasteiger partial charge in [-0.2, -0.15) is 0 Å². The molecule has 9 heteroatoms. The number of aliphatic hydroxyl groups excluding tert-OH is 1. The van der Waals surface area contributed by atoms with Crippen molar-refractivity contribution in [2.75, 3.05) is 0 Å². The predicted octanol–water partition coefficient (Wildman–Crippen LogP) is -2.22. The van der Waals surface area contributed by atoms with Gasteiger partial charge in [0.25, 0.3) is 0 Å². The van der Waals surface area contributed by atoms with E-state index >= 15 is 0 Å². The van der Waals surface area contributed by atoms with E-state index in [4.69, 9.17) is 5.11 Å². The van der Waals surface area contributed by atoms with E-state index in [1.54, 1.807) is 0 Å². The number of aliphatic hydroxyl groups is 1. The summed E-state index contributed by atoms with van der Waals surface area (Å²) in [4.78, 5) is 9.34. The van der Waals surface area contributed by atoms with Crippen LogP contribution in [-0.2, 0) is 26.5 Å². The van der Waals surface area contributed by atoms with Crippen molar-refractivity contribution in [3.05, 3.63) is 0 Å². The quantitative estimate of drug-likeness (QED) is 0.465. The number of hydrogen-bond acceptors (Lipinski definition) is 7. The molecule has 0 radical (unpaired) electrons. The monoisotopic (exact) mass is 223 g/mol. The summed E-state index contributed by atoms with van der Waals surface area (Å²) >= 11 is 0. The fourth-order valence-corrected chi connectivity index (χ4v) is 0. The average molecular weight is 223 g/mol. The first-order valence-corrected chi connectivity index (χ1v) is 1.53. The summed E-state index contributed by atoms with van der Waals surface area (Å²) < 4.78 is 0. The van der Waals surface area contributed by atoms with Gasteiger partial charge in [0.1, 0.15) is 0 Å². The molecule has 0 spiro atoms. The summed E-state index contributed by atoms with van der Waals surface area (Å²) in [6.45, 7) is 1.13. The smallest absolute Gasteiger partial charge is 0.0905 e. The third-order valence-corrected chi connectivity index (χ3v) is 0.341. The zero-order valence-corrected chi connectivity index (χ0v) is 8.19. The van der Waals surface area contributed by atoms with Gasteiger partial charge in [-0.05, 0) is 6.92 Å². The molecule has 9 N–H and O–H groups in total. The third-order valence-electron chi connectivity index (χ3n) is 0.341. The molecule has 1 unspecified atom stereocenters. The summed E-state index contributed by atoms with van der Waals surface area (Å²) in [6, 6.07) is 0. The SMILES string of the molecule is CC(O)C(=O)[O-].[NH4+].[OH-].[OH-].[OH-].[OH-].[Ti]. The van der Waals surface area contributed by atoms with Gasteiger partial charge in [0.15, 0.2) is 0 Å². The predicted molar refractivity (Wildman–Crippen MR) is 30.4 cm³/mol. The molecule has 0 amide bonds.